The van der Waals surface area contributed by atoms with Crippen LogP contribution in [-0.4, -0.2) is 53.4 Å². The quantitative estimate of drug-likeness (QED) is 0.804. The summed E-state index contributed by atoms with van der Waals surface area (Å²) in [5, 5.41) is 3.11. The van der Waals surface area contributed by atoms with Crippen molar-refractivity contribution in [3.63, 3.8) is 0 Å². The van der Waals surface area contributed by atoms with Crippen LogP contribution in [0, 0.1) is 0 Å². The first kappa shape index (κ1) is 12.9. The minimum absolute atomic E-state index is 0.190. The number of nitrogens with one attached hydrogen (secondary N) is 1. The Bertz CT molecular complexity index is 394. The summed E-state index contributed by atoms with van der Waals surface area (Å²) >= 11 is 0. The maximum Gasteiger partial charge on any atom is 0.328 e. The lowest BCUT2D eigenvalue weighted by Gasteiger charge is -2.38. The Morgan fingerprint density at radius 3 is 2.67 bits per heavy atom. The van der Waals surface area contributed by atoms with Crippen LogP contribution in [0.25, 0.3) is 0 Å². The van der Waals surface area contributed by atoms with Crippen LogP contribution >= 0.6 is 0 Å². The molecule has 0 radical (unpaired) electrons. The molecule has 2 unspecified atom stereocenters. The van der Waals surface area contributed by atoms with E-state index >= 15 is 0 Å². The van der Waals surface area contributed by atoms with Crippen molar-refractivity contribution in [3.8, 4) is 0 Å². The standard InChI is InChI=1S/C12H20N4O2/c1-4-6-7-16-10-9(13-8(5-2)14-10)11(17)15(3)12(16)18/h9-10H,4-7H2,1-3H3,(H,13,14). The van der Waals surface area contributed by atoms with E-state index in [1.54, 1.807) is 4.90 Å². The molecule has 0 aromatic heterocycles. The van der Waals surface area contributed by atoms with Crippen molar-refractivity contribution in [2.75, 3.05) is 13.6 Å². The van der Waals surface area contributed by atoms with Crippen LogP contribution in [0.4, 0.5) is 4.79 Å². The highest BCUT2D eigenvalue weighted by Gasteiger charge is 2.47. The van der Waals surface area contributed by atoms with Crippen LogP contribution in [0.3, 0.4) is 0 Å². The van der Waals surface area contributed by atoms with E-state index in [-0.39, 0.29) is 18.1 Å². The molecule has 0 aliphatic carbocycles. The Morgan fingerprint density at radius 1 is 1.33 bits per heavy atom. The second-order valence-corrected chi connectivity index (χ2v) is 4.69. The van der Waals surface area contributed by atoms with Gasteiger partial charge in [0.15, 0.2) is 6.17 Å². The Hall–Kier alpha value is -1.59. The van der Waals surface area contributed by atoms with Gasteiger partial charge >= 0.3 is 6.03 Å². The van der Waals surface area contributed by atoms with Gasteiger partial charge in [-0.2, -0.15) is 0 Å². The summed E-state index contributed by atoms with van der Waals surface area (Å²) in [5.74, 6) is 0.618. The fourth-order valence-electron chi connectivity index (χ4n) is 2.32. The van der Waals surface area contributed by atoms with Gasteiger partial charge in [-0.1, -0.05) is 20.3 Å². The summed E-state index contributed by atoms with van der Waals surface area (Å²) in [7, 11) is 1.53. The van der Waals surface area contributed by atoms with Crippen molar-refractivity contribution >= 4 is 17.8 Å². The van der Waals surface area contributed by atoms with Crippen molar-refractivity contribution in [2.24, 2.45) is 4.99 Å². The Balaban J connectivity index is 2.23. The second kappa shape index (κ2) is 4.96. The minimum atomic E-state index is -0.403. The molecule has 100 valence electrons. The molecule has 0 bridgehead atoms. The van der Waals surface area contributed by atoms with Crippen LogP contribution in [0.5, 0.6) is 0 Å². The van der Waals surface area contributed by atoms with Crippen LogP contribution < -0.4 is 5.32 Å². The highest BCUT2D eigenvalue weighted by atomic mass is 16.2. The number of amidine groups is 1. The number of likely N-dealkylation sites (N-methyl/N-ethyl adjacent to an activating group) is 1. The van der Waals surface area contributed by atoms with Gasteiger partial charge in [-0.3, -0.25) is 14.6 Å². The van der Waals surface area contributed by atoms with Gasteiger partial charge in [0, 0.05) is 20.0 Å². The molecule has 0 saturated carbocycles. The maximum absolute atomic E-state index is 12.1. The number of hydrogen-bond acceptors (Lipinski definition) is 4. The van der Waals surface area contributed by atoms with Gasteiger partial charge in [0.05, 0.1) is 5.84 Å². The van der Waals surface area contributed by atoms with Crippen molar-refractivity contribution in [1.29, 1.82) is 0 Å². The second-order valence-electron chi connectivity index (χ2n) is 4.69. The molecule has 2 heterocycles. The van der Waals surface area contributed by atoms with Crippen molar-refractivity contribution in [3.05, 3.63) is 0 Å². The molecule has 3 amide bonds. The number of carbonyl (C=O) groups excluding carboxylic acids is 2. The van der Waals surface area contributed by atoms with Crippen LogP contribution in [0.15, 0.2) is 4.99 Å². The predicted octanol–water partition coefficient (Wildman–Crippen LogP) is 0.787. The lowest BCUT2D eigenvalue weighted by atomic mass is 10.1. The Labute approximate surface area is 107 Å². The molecule has 1 saturated heterocycles. The monoisotopic (exact) mass is 252 g/mol. The van der Waals surface area contributed by atoms with E-state index in [0.717, 1.165) is 25.1 Å². The largest absolute Gasteiger partial charge is 0.359 e. The van der Waals surface area contributed by atoms with E-state index < -0.39 is 6.04 Å². The third-order valence-electron chi connectivity index (χ3n) is 3.44. The van der Waals surface area contributed by atoms with Crippen molar-refractivity contribution in [1.82, 2.24) is 15.1 Å². The maximum atomic E-state index is 12.1. The summed E-state index contributed by atoms with van der Waals surface area (Å²) in [6.45, 7) is 4.71. The van der Waals surface area contributed by atoms with Gasteiger partial charge in [0.25, 0.3) is 5.91 Å². The van der Waals surface area contributed by atoms with E-state index in [4.69, 9.17) is 0 Å². The third-order valence-corrected chi connectivity index (χ3v) is 3.44. The number of fused-ring (bicyclic) bond motifs is 1. The number of imide groups is 1. The summed E-state index contributed by atoms with van der Waals surface area (Å²) in [4.78, 5) is 31.5. The molecule has 2 aliphatic rings. The van der Waals surface area contributed by atoms with Gasteiger partial charge in [0.2, 0.25) is 0 Å². The minimum Gasteiger partial charge on any atom is -0.359 e. The van der Waals surface area contributed by atoms with E-state index in [1.807, 2.05) is 6.92 Å². The third kappa shape index (κ3) is 1.95. The molecule has 0 aromatic carbocycles. The van der Waals surface area contributed by atoms with E-state index in [9.17, 15) is 9.59 Å². The number of hydrogen-bond donors (Lipinski definition) is 1. The first-order valence-electron chi connectivity index (χ1n) is 6.51. The Morgan fingerprint density at radius 2 is 2.06 bits per heavy atom. The number of nitrogens with zero attached hydrogens (tertiary/aromatic N) is 3. The topological polar surface area (TPSA) is 65.0 Å². The molecule has 1 fully saturated rings. The van der Waals surface area contributed by atoms with Gasteiger partial charge in [-0.25, -0.2) is 9.79 Å². The smallest absolute Gasteiger partial charge is 0.328 e. The van der Waals surface area contributed by atoms with E-state index in [1.165, 1.54) is 11.9 Å². The van der Waals surface area contributed by atoms with Crippen molar-refractivity contribution < 1.29 is 9.59 Å². The zero-order valence-electron chi connectivity index (χ0n) is 11.1. The SMILES string of the molecule is CCCCN1C(=O)N(C)C(=O)C2NC(CC)=NC21. The van der Waals surface area contributed by atoms with E-state index in [0.29, 0.717) is 6.54 Å². The Kier molecular flexibility index (Phi) is 3.54. The number of unbranched alkanes of at least 4 members (excludes halogenated alkanes) is 1. The lowest BCUT2D eigenvalue weighted by molar-refractivity contribution is -0.133. The summed E-state index contributed by atoms with van der Waals surface area (Å²) in [6, 6.07) is -0.642. The zero-order chi connectivity index (χ0) is 13.3. The van der Waals surface area contributed by atoms with Gasteiger partial charge < -0.3 is 5.32 Å². The molecule has 0 spiro atoms. The molecule has 2 atom stereocenters. The summed E-state index contributed by atoms with van der Waals surface area (Å²) < 4.78 is 0. The molecular weight excluding hydrogens is 232 g/mol. The van der Waals surface area contributed by atoms with Crippen molar-refractivity contribution in [2.45, 2.75) is 45.3 Å². The summed E-state index contributed by atoms with van der Waals surface area (Å²) in [5.41, 5.74) is 0. The molecule has 6 nitrogen and oxygen atoms in total. The van der Waals surface area contributed by atoms with Crippen LogP contribution in [0.1, 0.15) is 33.1 Å². The highest BCUT2D eigenvalue weighted by molar-refractivity contribution is 6.03. The number of rotatable bonds is 4. The lowest BCUT2D eigenvalue weighted by Crippen LogP contribution is -2.64. The van der Waals surface area contributed by atoms with Gasteiger partial charge in [-0.15, -0.1) is 0 Å². The average Bonchev–Trinajstić information content (AvgIpc) is 2.80. The molecule has 6 heteroatoms. The number of aliphatic imine (C=N–C) groups is 1. The summed E-state index contributed by atoms with van der Waals surface area (Å²) in [6.07, 6.45) is 2.33. The first-order chi connectivity index (χ1) is 8.60. The predicted molar refractivity (Wildman–Crippen MR) is 68.2 cm³/mol. The molecular formula is C12H20N4O2. The fraction of sp³-hybridized carbons (Fsp3) is 0.750. The first-order valence-corrected chi connectivity index (χ1v) is 6.51. The van der Waals surface area contributed by atoms with E-state index in [2.05, 4.69) is 17.2 Å². The molecule has 2 rings (SSSR count). The molecule has 2 aliphatic heterocycles. The van der Waals surface area contributed by atoms with Crippen LogP contribution in [0.2, 0.25) is 0 Å². The van der Waals surface area contributed by atoms with Gasteiger partial charge in [-0.05, 0) is 6.42 Å². The fourth-order valence-corrected chi connectivity index (χ4v) is 2.32. The average molecular weight is 252 g/mol. The number of carbonyl (C=O) groups is 2. The van der Waals surface area contributed by atoms with Crippen LogP contribution in [-0.2, 0) is 4.79 Å². The number of urea groups is 1. The normalized spacial score (nSPS) is 27.2. The molecule has 1 N–H and O–H groups in total. The molecule has 0 aromatic rings. The van der Waals surface area contributed by atoms with Gasteiger partial charge in [0.1, 0.15) is 6.04 Å². The zero-order valence-corrected chi connectivity index (χ0v) is 11.1. The highest BCUT2D eigenvalue weighted by Crippen LogP contribution is 2.22. The number of amides is 3. The molecule has 18 heavy (non-hydrogen) atoms.